The molecule has 1 N–H and O–H groups in total. The van der Waals surface area contributed by atoms with Crippen LogP contribution in [-0.2, 0) is 10.0 Å². The largest absolute Gasteiger partial charge is 0.282 e. The first-order valence-electron chi connectivity index (χ1n) is 4.96. The Morgan fingerprint density at radius 1 is 1.35 bits per heavy atom. The number of unbranched alkanes of at least 4 members (excludes halogenated alkanes) is 1. The predicted octanol–water partition coefficient (Wildman–Crippen LogP) is 3.35. The van der Waals surface area contributed by atoms with Crippen LogP contribution < -0.4 is 4.72 Å². The Kier molecular flexibility index (Phi) is 5.69. The van der Waals surface area contributed by atoms with Crippen LogP contribution in [0.3, 0.4) is 0 Å². The molecule has 1 aromatic carbocycles. The van der Waals surface area contributed by atoms with E-state index < -0.39 is 15.8 Å². The van der Waals surface area contributed by atoms with Crippen molar-refractivity contribution in [3.05, 3.63) is 28.5 Å². The average molecular weight is 345 g/mol. The maximum absolute atomic E-state index is 12.8. The first-order chi connectivity index (χ1) is 7.94. The van der Waals surface area contributed by atoms with Gasteiger partial charge in [-0.25, -0.2) is 12.8 Å². The lowest BCUT2D eigenvalue weighted by Crippen LogP contribution is -2.17. The van der Waals surface area contributed by atoms with Crippen LogP contribution in [0.25, 0.3) is 0 Å². The minimum absolute atomic E-state index is 0.00351. The smallest absolute Gasteiger partial charge is 0.232 e. The monoisotopic (exact) mass is 343 g/mol. The number of anilines is 1. The second-order valence-corrected chi connectivity index (χ2v) is 6.52. The van der Waals surface area contributed by atoms with Crippen molar-refractivity contribution in [3.63, 3.8) is 0 Å². The van der Waals surface area contributed by atoms with Crippen LogP contribution in [-0.4, -0.2) is 20.1 Å². The number of hydrogen-bond donors (Lipinski definition) is 1. The van der Waals surface area contributed by atoms with Gasteiger partial charge in [0.15, 0.2) is 0 Å². The number of alkyl halides is 1. The fourth-order valence-electron chi connectivity index (χ4n) is 1.18. The summed E-state index contributed by atoms with van der Waals surface area (Å²) < 4.78 is 38.9. The summed E-state index contributed by atoms with van der Waals surface area (Å²) in [4.78, 5) is 0. The van der Waals surface area contributed by atoms with Gasteiger partial charge in [-0.15, -0.1) is 11.6 Å². The van der Waals surface area contributed by atoms with Crippen molar-refractivity contribution in [3.8, 4) is 0 Å². The molecule has 0 aliphatic carbocycles. The zero-order valence-corrected chi connectivity index (χ0v) is 12.1. The Morgan fingerprint density at radius 3 is 2.65 bits per heavy atom. The molecule has 0 amide bonds. The second-order valence-electron chi connectivity index (χ2n) is 3.44. The molecule has 17 heavy (non-hydrogen) atoms. The third-order valence-electron chi connectivity index (χ3n) is 1.99. The van der Waals surface area contributed by atoms with Gasteiger partial charge in [0.05, 0.1) is 11.4 Å². The number of rotatable bonds is 6. The molecule has 0 bridgehead atoms. The lowest BCUT2D eigenvalue weighted by molar-refractivity contribution is 0.597. The van der Waals surface area contributed by atoms with Gasteiger partial charge in [-0.1, -0.05) is 0 Å². The Bertz CT molecular complexity index is 481. The van der Waals surface area contributed by atoms with Gasteiger partial charge in [-0.05, 0) is 47.0 Å². The molecule has 0 saturated carbocycles. The number of hydrogen-bond acceptors (Lipinski definition) is 2. The van der Waals surface area contributed by atoms with Crippen LogP contribution in [0.2, 0.25) is 0 Å². The zero-order valence-electron chi connectivity index (χ0n) is 8.92. The first kappa shape index (κ1) is 14.7. The van der Waals surface area contributed by atoms with Gasteiger partial charge in [0.25, 0.3) is 0 Å². The summed E-state index contributed by atoms with van der Waals surface area (Å²) in [6.45, 7) is 0. The molecule has 7 heteroatoms. The lowest BCUT2D eigenvalue weighted by atomic mass is 10.3. The standard InChI is InChI=1S/C10H12BrClFNO2S/c11-9-7-8(13)3-4-10(9)14-17(15,16)6-2-1-5-12/h3-4,7,14H,1-2,5-6H2. The van der Waals surface area contributed by atoms with Crippen molar-refractivity contribution >= 4 is 43.2 Å². The van der Waals surface area contributed by atoms with Crippen molar-refractivity contribution in [2.75, 3.05) is 16.4 Å². The first-order valence-corrected chi connectivity index (χ1v) is 7.94. The van der Waals surface area contributed by atoms with Crippen molar-refractivity contribution in [1.82, 2.24) is 0 Å². The van der Waals surface area contributed by atoms with E-state index in [1.54, 1.807) is 0 Å². The molecule has 0 fully saturated rings. The molecule has 0 atom stereocenters. The summed E-state index contributed by atoms with van der Waals surface area (Å²) in [6, 6.07) is 3.77. The van der Waals surface area contributed by atoms with Crippen LogP contribution in [0.4, 0.5) is 10.1 Å². The van der Waals surface area contributed by atoms with Gasteiger partial charge in [0.1, 0.15) is 5.82 Å². The number of halogens is 3. The Morgan fingerprint density at radius 2 is 2.06 bits per heavy atom. The Hall–Kier alpha value is -0.330. The second kappa shape index (κ2) is 6.56. The molecular weight excluding hydrogens is 333 g/mol. The van der Waals surface area contributed by atoms with Crippen LogP contribution >= 0.6 is 27.5 Å². The highest BCUT2D eigenvalue weighted by Crippen LogP contribution is 2.24. The van der Waals surface area contributed by atoms with Crippen molar-refractivity contribution < 1.29 is 12.8 Å². The topological polar surface area (TPSA) is 46.2 Å². The molecule has 0 heterocycles. The Balaban J connectivity index is 2.69. The zero-order chi connectivity index (χ0) is 12.9. The third kappa shape index (κ3) is 5.23. The van der Waals surface area contributed by atoms with Gasteiger partial charge in [-0.3, -0.25) is 4.72 Å². The van der Waals surface area contributed by atoms with E-state index >= 15 is 0 Å². The molecule has 0 aromatic heterocycles. The van der Waals surface area contributed by atoms with Gasteiger partial charge in [0, 0.05) is 10.4 Å². The van der Waals surface area contributed by atoms with E-state index in [4.69, 9.17) is 11.6 Å². The normalized spacial score (nSPS) is 11.5. The van der Waals surface area contributed by atoms with E-state index in [-0.39, 0.29) is 5.75 Å². The number of nitrogens with one attached hydrogen (secondary N) is 1. The van der Waals surface area contributed by atoms with Crippen molar-refractivity contribution in [1.29, 1.82) is 0 Å². The number of benzene rings is 1. The van der Waals surface area contributed by atoms with Crippen LogP contribution in [0.5, 0.6) is 0 Å². The molecular formula is C10H12BrClFNO2S. The average Bonchev–Trinajstić information content (AvgIpc) is 2.22. The minimum Gasteiger partial charge on any atom is -0.282 e. The van der Waals surface area contributed by atoms with Crippen LogP contribution in [0.15, 0.2) is 22.7 Å². The molecule has 0 radical (unpaired) electrons. The van der Waals surface area contributed by atoms with Crippen LogP contribution in [0, 0.1) is 5.82 Å². The summed E-state index contributed by atoms with van der Waals surface area (Å²) in [5.41, 5.74) is 0.331. The van der Waals surface area contributed by atoms with Gasteiger partial charge in [0.2, 0.25) is 10.0 Å². The van der Waals surface area contributed by atoms with Crippen LogP contribution in [0.1, 0.15) is 12.8 Å². The molecule has 0 spiro atoms. The van der Waals surface area contributed by atoms with E-state index in [0.29, 0.717) is 28.9 Å². The van der Waals surface area contributed by atoms with E-state index in [1.165, 1.54) is 18.2 Å². The fraction of sp³-hybridized carbons (Fsp3) is 0.400. The maximum atomic E-state index is 12.8. The molecule has 1 rings (SSSR count). The SMILES string of the molecule is O=S(=O)(CCCCCl)Nc1ccc(F)cc1Br. The van der Waals surface area contributed by atoms with E-state index in [0.717, 1.165) is 0 Å². The quantitative estimate of drug-likeness (QED) is 0.635. The summed E-state index contributed by atoms with van der Waals surface area (Å²) in [7, 11) is -3.40. The number of sulfonamides is 1. The Labute approximate surface area is 114 Å². The molecule has 3 nitrogen and oxygen atoms in total. The third-order valence-corrected chi connectivity index (χ3v) is 4.27. The van der Waals surface area contributed by atoms with E-state index in [9.17, 15) is 12.8 Å². The maximum Gasteiger partial charge on any atom is 0.232 e. The molecule has 1 aromatic rings. The van der Waals surface area contributed by atoms with Crippen molar-refractivity contribution in [2.45, 2.75) is 12.8 Å². The highest BCUT2D eigenvalue weighted by atomic mass is 79.9. The summed E-state index contributed by atoms with van der Waals surface area (Å²) in [5, 5.41) is 0. The molecule has 0 unspecified atom stereocenters. The van der Waals surface area contributed by atoms with E-state index in [2.05, 4.69) is 20.7 Å². The van der Waals surface area contributed by atoms with Gasteiger partial charge < -0.3 is 0 Å². The van der Waals surface area contributed by atoms with Crippen molar-refractivity contribution in [2.24, 2.45) is 0 Å². The highest BCUT2D eigenvalue weighted by molar-refractivity contribution is 9.10. The van der Waals surface area contributed by atoms with Gasteiger partial charge >= 0.3 is 0 Å². The van der Waals surface area contributed by atoms with Gasteiger partial charge in [-0.2, -0.15) is 0 Å². The minimum atomic E-state index is -3.40. The lowest BCUT2D eigenvalue weighted by Gasteiger charge is -2.09. The van der Waals surface area contributed by atoms with E-state index in [1.807, 2.05) is 0 Å². The highest BCUT2D eigenvalue weighted by Gasteiger charge is 2.12. The predicted molar refractivity (Wildman–Crippen MR) is 71.5 cm³/mol. The fourth-order valence-corrected chi connectivity index (χ4v) is 3.15. The molecule has 0 saturated heterocycles. The summed E-state index contributed by atoms with van der Waals surface area (Å²) >= 11 is 8.56. The molecule has 96 valence electrons. The summed E-state index contributed by atoms with van der Waals surface area (Å²) in [6.07, 6.45) is 1.14. The molecule has 0 aliphatic heterocycles. The molecule has 0 aliphatic rings. The summed E-state index contributed by atoms with van der Waals surface area (Å²) in [5.74, 6) is 0.0150.